The van der Waals surface area contributed by atoms with Crippen LogP contribution in [0.5, 0.6) is 5.75 Å². The highest BCUT2D eigenvalue weighted by Gasteiger charge is 2.46. The van der Waals surface area contributed by atoms with E-state index in [4.69, 9.17) is 4.74 Å². The molecular formula is C14H15FN2O3. The monoisotopic (exact) mass is 278 g/mol. The lowest BCUT2D eigenvalue weighted by Gasteiger charge is -2.36. The van der Waals surface area contributed by atoms with Crippen molar-refractivity contribution in [3.05, 3.63) is 29.1 Å². The van der Waals surface area contributed by atoms with Crippen LogP contribution in [-0.2, 0) is 0 Å². The average Bonchev–Trinajstić information content (AvgIpc) is 2.71. The van der Waals surface area contributed by atoms with Gasteiger partial charge in [-0.25, -0.2) is 4.39 Å². The van der Waals surface area contributed by atoms with Crippen molar-refractivity contribution in [1.82, 2.24) is 4.90 Å². The Morgan fingerprint density at radius 1 is 1.55 bits per heavy atom. The van der Waals surface area contributed by atoms with Crippen molar-refractivity contribution in [2.45, 2.75) is 25.4 Å². The topological polar surface area (TPSA) is 73.6 Å². The van der Waals surface area contributed by atoms with Crippen molar-refractivity contribution in [1.29, 1.82) is 5.26 Å². The Bertz CT molecular complexity index is 607. The van der Waals surface area contributed by atoms with E-state index in [1.165, 1.54) is 18.1 Å². The molecule has 1 unspecified atom stereocenters. The maximum absolute atomic E-state index is 14.1. The highest BCUT2D eigenvalue weighted by Crippen LogP contribution is 2.41. The van der Waals surface area contributed by atoms with Crippen LogP contribution < -0.4 is 4.74 Å². The fourth-order valence-corrected chi connectivity index (χ4v) is 2.37. The van der Waals surface area contributed by atoms with Crippen LogP contribution >= 0.6 is 0 Å². The predicted octanol–water partition coefficient (Wildman–Crippen LogP) is 1.63. The van der Waals surface area contributed by atoms with Crippen molar-refractivity contribution in [2.75, 3.05) is 13.7 Å². The molecule has 6 heteroatoms. The molecule has 0 spiro atoms. The molecule has 20 heavy (non-hydrogen) atoms. The van der Waals surface area contributed by atoms with E-state index in [0.29, 0.717) is 0 Å². The summed E-state index contributed by atoms with van der Waals surface area (Å²) in [4.78, 5) is 13.6. The third-order valence-corrected chi connectivity index (χ3v) is 3.48. The summed E-state index contributed by atoms with van der Waals surface area (Å²) >= 11 is 0. The molecule has 1 N–H and O–H groups in total. The Morgan fingerprint density at radius 3 is 2.70 bits per heavy atom. The molecule has 2 rings (SSSR count). The number of aliphatic hydroxyl groups is 1. The Labute approximate surface area is 116 Å². The lowest BCUT2D eigenvalue weighted by molar-refractivity contribution is 0.0335. The van der Waals surface area contributed by atoms with Crippen LogP contribution in [-0.4, -0.2) is 35.2 Å². The minimum atomic E-state index is -0.962. The number of hydrogen-bond acceptors (Lipinski definition) is 4. The fourth-order valence-electron chi connectivity index (χ4n) is 2.37. The Morgan fingerprint density at radius 2 is 2.20 bits per heavy atom. The van der Waals surface area contributed by atoms with E-state index in [0.717, 1.165) is 6.07 Å². The molecule has 1 atom stereocenters. The van der Waals surface area contributed by atoms with Gasteiger partial charge < -0.3 is 14.7 Å². The molecule has 1 aliphatic heterocycles. The number of rotatable bonds is 3. The van der Waals surface area contributed by atoms with Gasteiger partial charge in [-0.3, -0.25) is 4.79 Å². The molecule has 5 nitrogen and oxygen atoms in total. The van der Waals surface area contributed by atoms with Crippen LogP contribution in [0.25, 0.3) is 0 Å². The van der Waals surface area contributed by atoms with E-state index < -0.39 is 23.3 Å². The zero-order valence-corrected chi connectivity index (χ0v) is 11.5. The molecular weight excluding hydrogens is 263 g/mol. The first-order valence-corrected chi connectivity index (χ1v) is 6.09. The van der Waals surface area contributed by atoms with Crippen molar-refractivity contribution >= 4 is 5.91 Å². The molecule has 1 aliphatic rings. The first kappa shape index (κ1) is 14.3. The number of benzene rings is 1. The van der Waals surface area contributed by atoms with E-state index in [1.807, 2.05) is 6.07 Å². The van der Waals surface area contributed by atoms with Gasteiger partial charge in [0.15, 0.2) is 0 Å². The molecule has 0 aromatic heterocycles. The van der Waals surface area contributed by atoms with Gasteiger partial charge in [0.2, 0.25) is 0 Å². The standard InChI is InChI=1S/C14H15FN2O3/c1-14(2,7-18)17-11(6-16)9-4-8(20-3)5-10(15)12(9)13(17)19/h4-5,11,18H,7H2,1-3H3. The second kappa shape index (κ2) is 4.76. The van der Waals surface area contributed by atoms with Crippen LogP contribution in [0, 0.1) is 17.1 Å². The first-order chi connectivity index (χ1) is 9.37. The smallest absolute Gasteiger partial charge is 0.259 e. The minimum absolute atomic E-state index is 0.126. The molecule has 0 saturated carbocycles. The van der Waals surface area contributed by atoms with Gasteiger partial charge in [-0.2, -0.15) is 5.26 Å². The average molecular weight is 278 g/mol. The van der Waals surface area contributed by atoms with Crippen LogP contribution in [0.3, 0.4) is 0 Å². The largest absolute Gasteiger partial charge is 0.497 e. The van der Waals surface area contributed by atoms with Gasteiger partial charge in [-0.05, 0) is 19.9 Å². The maximum Gasteiger partial charge on any atom is 0.259 e. The second-order valence-corrected chi connectivity index (χ2v) is 5.25. The summed E-state index contributed by atoms with van der Waals surface area (Å²) in [5, 5.41) is 18.7. The highest BCUT2D eigenvalue weighted by atomic mass is 19.1. The van der Waals surface area contributed by atoms with E-state index in [2.05, 4.69) is 0 Å². The van der Waals surface area contributed by atoms with Gasteiger partial charge in [0, 0.05) is 11.6 Å². The Balaban J connectivity index is 2.64. The van der Waals surface area contributed by atoms with Crippen molar-refractivity contribution in [3.63, 3.8) is 0 Å². The van der Waals surface area contributed by atoms with Crippen LogP contribution in [0.2, 0.25) is 0 Å². The summed E-state index contributed by atoms with van der Waals surface area (Å²) in [6, 6.07) is 3.65. The maximum atomic E-state index is 14.1. The van der Waals surface area contributed by atoms with Gasteiger partial charge in [0.25, 0.3) is 5.91 Å². The third-order valence-electron chi connectivity index (χ3n) is 3.48. The van der Waals surface area contributed by atoms with Crippen molar-refractivity contribution in [2.24, 2.45) is 0 Å². The fraction of sp³-hybridized carbons (Fsp3) is 0.429. The number of hydrogen-bond donors (Lipinski definition) is 1. The molecule has 0 fully saturated rings. The Hall–Kier alpha value is -2.13. The van der Waals surface area contributed by atoms with Crippen LogP contribution in [0.15, 0.2) is 12.1 Å². The molecule has 106 valence electrons. The normalized spacial score (nSPS) is 17.9. The SMILES string of the molecule is COc1cc(F)c2c(c1)C(C#N)N(C(C)(C)CO)C2=O. The summed E-state index contributed by atoms with van der Waals surface area (Å²) in [6.07, 6.45) is 0. The lowest BCUT2D eigenvalue weighted by atomic mass is 10.0. The number of ether oxygens (including phenoxy) is 1. The molecule has 1 aromatic rings. The number of nitriles is 1. The number of halogens is 1. The minimum Gasteiger partial charge on any atom is -0.497 e. The molecule has 0 bridgehead atoms. The lowest BCUT2D eigenvalue weighted by Crippen LogP contribution is -2.48. The zero-order chi connectivity index (χ0) is 15.1. The molecule has 1 heterocycles. The summed E-state index contributed by atoms with van der Waals surface area (Å²) in [6.45, 7) is 2.91. The number of carbonyl (C=O) groups excluding carboxylic acids is 1. The van der Waals surface area contributed by atoms with Gasteiger partial charge in [0.1, 0.15) is 17.6 Å². The summed E-state index contributed by atoms with van der Waals surface area (Å²) in [5.41, 5.74) is -0.814. The third kappa shape index (κ3) is 1.91. The quantitative estimate of drug-likeness (QED) is 0.912. The molecule has 1 aromatic carbocycles. The molecule has 0 radical (unpaired) electrons. The first-order valence-electron chi connectivity index (χ1n) is 6.09. The van der Waals surface area contributed by atoms with Crippen molar-refractivity contribution < 1.29 is 19.0 Å². The number of carbonyl (C=O) groups is 1. The Kier molecular flexibility index (Phi) is 3.40. The molecule has 0 saturated heterocycles. The highest BCUT2D eigenvalue weighted by molar-refractivity contribution is 6.00. The summed E-state index contributed by atoms with van der Waals surface area (Å²) in [5.74, 6) is -1.07. The van der Waals surface area contributed by atoms with Gasteiger partial charge in [-0.1, -0.05) is 0 Å². The van der Waals surface area contributed by atoms with E-state index in [1.54, 1.807) is 13.8 Å². The van der Waals surface area contributed by atoms with E-state index >= 15 is 0 Å². The van der Waals surface area contributed by atoms with Gasteiger partial charge in [-0.15, -0.1) is 0 Å². The number of nitrogens with zero attached hydrogens (tertiary/aromatic N) is 2. The molecule has 1 amide bonds. The molecule has 0 aliphatic carbocycles. The number of aliphatic hydroxyl groups excluding tert-OH is 1. The van der Waals surface area contributed by atoms with Crippen LogP contribution in [0.4, 0.5) is 4.39 Å². The van der Waals surface area contributed by atoms with Gasteiger partial charge in [0.05, 0.1) is 30.9 Å². The predicted molar refractivity (Wildman–Crippen MR) is 68.6 cm³/mol. The summed E-state index contributed by atoms with van der Waals surface area (Å²) in [7, 11) is 1.38. The number of methoxy groups -OCH3 is 1. The zero-order valence-electron chi connectivity index (χ0n) is 11.5. The van der Waals surface area contributed by atoms with E-state index in [-0.39, 0.29) is 23.5 Å². The van der Waals surface area contributed by atoms with E-state index in [9.17, 15) is 19.6 Å². The number of fused-ring (bicyclic) bond motifs is 1. The van der Waals surface area contributed by atoms with Crippen LogP contribution in [0.1, 0.15) is 35.8 Å². The van der Waals surface area contributed by atoms with Gasteiger partial charge >= 0.3 is 0 Å². The summed E-state index contributed by atoms with van der Waals surface area (Å²) < 4.78 is 19.0. The second-order valence-electron chi connectivity index (χ2n) is 5.25. The van der Waals surface area contributed by atoms with Crippen molar-refractivity contribution in [3.8, 4) is 11.8 Å². The number of amides is 1.